The van der Waals surface area contributed by atoms with E-state index in [1.807, 2.05) is 24.3 Å². The molecule has 0 aliphatic carbocycles. The summed E-state index contributed by atoms with van der Waals surface area (Å²) < 4.78 is 0. The van der Waals surface area contributed by atoms with Crippen molar-refractivity contribution >= 4 is 28.5 Å². The van der Waals surface area contributed by atoms with E-state index in [1.165, 1.54) is 6.42 Å². The second-order valence-electron chi connectivity index (χ2n) is 4.82. The number of nitrogens with one attached hydrogen (secondary N) is 1. The molecule has 1 aromatic rings. The first-order chi connectivity index (χ1) is 8.07. The van der Waals surface area contributed by atoms with Crippen LogP contribution in [-0.2, 0) is 6.54 Å². The maximum atomic E-state index is 6.10. The minimum absolute atomic E-state index is 0.157. The first kappa shape index (κ1) is 12.8. The topological polar surface area (TPSA) is 24.4 Å². The maximum Gasteiger partial charge on any atom is 0.157 e. The summed E-state index contributed by atoms with van der Waals surface area (Å²) in [5.74, 6) is 1.13. The number of benzene rings is 1. The number of rotatable bonds is 2. The summed E-state index contributed by atoms with van der Waals surface area (Å²) in [6.45, 7) is 5.06. The molecule has 1 aliphatic heterocycles. The van der Waals surface area contributed by atoms with Crippen LogP contribution in [-0.4, -0.2) is 16.5 Å². The summed E-state index contributed by atoms with van der Waals surface area (Å²) >= 11 is 7.89. The summed E-state index contributed by atoms with van der Waals surface area (Å²) in [6, 6.07) is 7.86. The van der Waals surface area contributed by atoms with E-state index in [2.05, 4.69) is 24.2 Å². The third-order valence-electron chi connectivity index (χ3n) is 2.76. The molecule has 1 heterocycles. The maximum absolute atomic E-state index is 6.10. The average Bonchev–Trinajstić information content (AvgIpc) is 2.27. The molecule has 0 saturated carbocycles. The Morgan fingerprint density at radius 3 is 2.88 bits per heavy atom. The van der Waals surface area contributed by atoms with Gasteiger partial charge in [-0.05, 0) is 31.9 Å². The van der Waals surface area contributed by atoms with Gasteiger partial charge in [0.15, 0.2) is 5.17 Å². The van der Waals surface area contributed by atoms with E-state index < -0.39 is 0 Å². The molecule has 0 radical (unpaired) electrons. The SMILES string of the molecule is CC1(C)CCSC(=NCc2ccccc2Cl)N1. The predicted octanol–water partition coefficient (Wildman–Crippen LogP) is 3.70. The molecule has 0 spiro atoms. The van der Waals surface area contributed by atoms with Crippen LogP contribution in [0.25, 0.3) is 0 Å². The third kappa shape index (κ3) is 3.65. The van der Waals surface area contributed by atoms with Gasteiger partial charge in [-0.15, -0.1) is 0 Å². The Labute approximate surface area is 112 Å². The Hall–Kier alpha value is -0.670. The highest BCUT2D eigenvalue weighted by atomic mass is 35.5. The molecule has 0 bridgehead atoms. The van der Waals surface area contributed by atoms with Crippen LogP contribution in [0.3, 0.4) is 0 Å². The molecule has 2 rings (SSSR count). The molecule has 4 heteroatoms. The van der Waals surface area contributed by atoms with Crippen LogP contribution >= 0.6 is 23.4 Å². The van der Waals surface area contributed by atoms with Gasteiger partial charge in [-0.3, -0.25) is 4.99 Å². The van der Waals surface area contributed by atoms with Crippen molar-refractivity contribution in [3.05, 3.63) is 34.9 Å². The van der Waals surface area contributed by atoms with E-state index in [-0.39, 0.29) is 5.54 Å². The van der Waals surface area contributed by atoms with Gasteiger partial charge in [0.25, 0.3) is 0 Å². The van der Waals surface area contributed by atoms with Crippen LogP contribution in [0.4, 0.5) is 0 Å². The quantitative estimate of drug-likeness (QED) is 0.884. The zero-order valence-corrected chi connectivity index (χ0v) is 11.7. The highest BCUT2D eigenvalue weighted by molar-refractivity contribution is 8.13. The lowest BCUT2D eigenvalue weighted by Crippen LogP contribution is -2.46. The summed E-state index contributed by atoms with van der Waals surface area (Å²) in [4.78, 5) is 4.59. The van der Waals surface area contributed by atoms with Crippen molar-refractivity contribution in [3.8, 4) is 0 Å². The van der Waals surface area contributed by atoms with E-state index in [1.54, 1.807) is 11.8 Å². The molecule has 92 valence electrons. The summed E-state index contributed by atoms with van der Waals surface area (Å²) in [7, 11) is 0. The standard InChI is InChI=1S/C13H17ClN2S/c1-13(2)7-8-17-12(16-13)15-9-10-5-3-4-6-11(10)14/h3-6H,7-9H2,1-2H3,(H,15,16). The van der Waals surface area contributed by atoms with Crippen LogP contribution in [0.15, 0.2) is 29.3 Å². The first-order valence-corrected chi connectivity index (χ1v) is 7.12. The minimum Gasteiger partial charge on any atom is -0.360 e. The van der Waals surface area contributed by atoms with Crippen LogP contribution in [0.1, 0.15) is 25.8 Å². The Balaban J connectivity index is 2.04. The van der Waals surface area contributed by atoms with Crippen molar-refractivity contribution in [1.82, 2.24) is 5.32 Å². The van der Waals surface area contributed by atoms with Gasteiger partial charge < -0.3 is 5.32 Å². The normalized spacial score (nSPS) is 21.2. The highest BCUT2D eigenvalue weighted by Gasteiger charge is 2.23. The van der Waals surface area contributed by atoms with Crippen molar-refractivity contribution in [2.24, 2.45) is 4.99 Å². The number of aliphatic imine (C=N–C) groups is 1. The number of hydrogen-bond acceptors (Lipinski definition) is 2. The number of hydrogen-bond donors (Lipinski definition) is 1. The van der Waals surface area contributed by atoms with Gasteiger partial charge in [0.05, 0.1) is 6.54 Å². The van der Waals surface area contributed by atoms with Gasteiger partial charge in [-0.25, -0.2) is 0 Å². The monoisotopic (exact) mass is 268 g/mol. The average molecular weight is 269 g/mol. The largest absolute Gasteiger partial charge is 0.360 e. The number of amidine groups is 1. The lowest BCUT2D eigenvalue weighted by atomic mass is 10.0. The molecule has 0 atom stereocenters. The van der Waals surface area contributed by atoms with E-state index in [9.17, 15) is 0 Å². The van der Waals surface area contributed by atoms with E-state index in [4.69, 9.17) is 11.6 Å². The first-order valence-electron chi connectivity index (χ1n) is 5.76. The number of halogens is 1. The zero-order chi connectivity index (χ0) is 12.3. The molecule has 1 aliphatic rings. The van der Waals surface area contributed by atoms with Gasteiger partial charge in [-0.1, -0.05) is 41.6 Å². The van der Waals surface area contributed by atoms with Crippen LogP contribution in [0, 0.1) is 0 Å². The molecular formula is C13H17ClN2S. The van der Waals surface area contributed by atoms with E-state index in [0.29, 0.717) is 6.54 Å². The zero-order valence-electron chi connectivity index (χ0n) is 10.2. The van der Waals surface area contributed by atoms with E-state index >= 15 is 0 Å². The molecule has 1 aromatic carbocycles. The fraction of sp³-hybridized carbons (Fsp3) is 0.462. The van der Waals surface area contributed by atoms with Crippen LogP contribution in [0.2, 0.25) is 5.02 Å². The van der Waals surface area contributed by atoms with Crippen molar-refractivity contribution < 1.29 is 0 Å². The fourth-order valence-electron chi connectivity index (χ4n) is 1.66. The van der Waals surface area contributed by atoms with Gasteiger partial charge in [0.1, 0.15) is 0 Å². The van der Waals surface area contributed by atoms with Gasteiger partial charge >= 0.3 is 0 Å². The lowest BCUT2D eigenvalue weighted by Gasteiger charge is -2.32. The lowest BCUT2D eigenvalue weighted by molar-refractivity contribution is 0.446. The highest BCUT2D eigenvalue weighted by Crippen LogP contribution is 2.22. The molecule has 1 fully saturated rings. The number of nitrogens with zero attached hydrogens (tertiary/aromatic N) is 1. The molecule has 1 saturated heterocycles. The van der Waals surface area contributed by atoms with Crippen LogP contribution < -0.4 is 5.32 Å². The van der Waals surface area contributed by atoms with Gasteiger partial charge in [-0.2, -0.15) is 0 Å². The molecule has 0 unspecified atom stereocenters. The Bertz CT molecular complexity index is 429. The second kappa shape index (κ2) is 5.32. The molecule has 2 nitrogen and oxygen atoms in total. The molecular weight excluding hydrogens is 252 g/mol. The van der Waals surface area contributed by atoms with E-state index in [0.717, 1.165) is 21.5 Å². The van der Waals surface area contributed by atoms with Crippen molar-refractivity contribution in [2.75, 3.05) is 5.75 Å². The molecule has 17 heavy (non-hydrogen) atoms. The number of thioether (sulfide) groups is 1. The van der Waals surface area contributed by atoms with Crippen LogP contribution in [0.5, 0.6) is 0 Å². The van der Waals surface area contributed by atoms with Crippen molar-refractivity contribution in [2.45, 2.75) is 32.4 Å². The summed E-state index contributed by atoms with van der Waals surface area (Å²) in [6.07, 6.45) is 1.17. The smallest absolute Gasteiger partial charge is 0.157 e. The fourth-order valence-corrected chi connectivity index (χ4v) is 3.17. The summed E-state index contributed by atoms with van der Waals surface area (Å²) in [5, 5.41) is 5.27. The van der Waals surface area contributed by atoms with Crippen molar-refractivity contribution in [1.29, 1.82) is 0 Å². The molecule has 0 amide bonds. The van der Waals surface area contributed by atoms with Crippen molar-refractivity contribution in [3.63, 3.8) is 0 Å². The second-order valence-corrected chi connectivity index (χ2v) is 6.31. The molecule has 1 N–H and O–H groups in total. The molecule has 0 aromatic heterocycles. The predicted molar refractivity (Wildman–Crippen MR) is 76.9 cm³/mol. The Morgan fingerprint density at radius 1 is 1.41 bits per heavy atom. The van der Waals surface area contributed by atoms with Gasteiger partial charge in [0.2, 0.25) is 0 Å². The minimum atomic E-state index is 0.157. The Morgan fingerprint density at radius 2 is 2.18 bits per heavy atom. The third-order valence-corrected chi connectivity index (χ3v) is 4.04. The van der Waals surface area contributed by atoms with Gasteiger partial charge in [0, 0.05) is 16.3 Å². The summed E-state index contributed by atoms with van der Waals surface area (Å²) in [5.41, 5.74) is 1.23. The Kier molecular flexibility index (Phi) is 4.00.